The monoisotopic (exact) mass is 513 g/mol. The SMILES string of the molecule is O=C1N[C@@H](c2nc(-c3sc4c(N[C@@H]5CNC[C@@H]5F)cccc4c3SC(F)(F)F)no2)CC12CC2. The molecule has 2 saturated heterocycles. The van der Waals surface area contributed by atoms with Gasteiger partial charge in [-0.1, -0.05) is 17.3 Å². The number of rotatable bonds is 5. The van der Waals surface area contributed by atoms with Crippen molar-refractivity contribution in [3.05, 3.63) is 24.1 Å². The van der Waals surface area contributed by atoms with Crippen LogP contribution in [0.3, 0.4) is 0 Å². The van der Waals surface area contributed by atoms with Gasteiger partial charge in [0.05, 0.1) is 26.7 Å². The Bertz CT molecular complexity index is 1270. The number of carbonyl (C=O) groups is 1. The normalized spacial score (nSPS) is 25.9. The number of thiophene rings is 1. The Balaban J connectivity index is 1.39. The minimum absolute atomic E-state index is 0.0287. The van der Waals surface area contributed by atoms with Gasteiger partial charge in [-0.15, -0.1) is 11.3 Å². The first-order valence-electron chi connectivity index (χ1n) is 10.8. The molecule has 2 aromatic heterocycles. The Morgan fingerprint density at radius 2 is 2.09 bits per heavy atom. The van der Waals surface area contributed by atoms with E-state index in [1.165, 1.54) is 0 Å². The van der Waals surface area contributed by atoms with Gasteiger partial charge in [-0.25, -0.2) is 4.39 Å². The summed E-state index contributed by atoms with van der Waals surface area (Å²) in [5, 5.41) is 13.3. The van der Waals surface area contributed by atoms with Crippen molar-refractivity contribution in [3.8, 4) is 10.7 Å². The molecule has 3 N–H and O–H groups in total. The van der Waals surface area contributed by atoms with Crippen LogP contribution >= 0.6 is 23.1 Å². The Kier molecular flexibility index (Phi) is 5.08. The molecule has 6 rings (SSSR count). The van der Waals surface area contributed by atoms with Gasteiger partial charge >= 0.3 is 5.51 Å². The zero-order chi connectivity index (χ0) is 23.7. The highest BCUT2D eigenvalue weighted by molar-refractivity contribution is 8.00. The average Bonchev–Trinajstić information content (AvgIpc) is 3.11. The van der Waals surface area contributed by atoms with Crippen LogP contribution < -0.4 is 16.0 Å². The molecular formula is C21H19F4N5O2S2. The summed E-state index contributed by atoms with van der Waals surface area (Å²) in [6.45, 7) is 0.645. The minimum atomic E-state index is -4.53. The van der Waals surface area contributed by atoms with Gasteiger partial charge < -0.3 is 20.5 Å². The highest BCUT2D eigenvalue weighted by Gasteiger charge is 2.57. The lowest BCUT2D eigenvalue weighted by atomic mass is 10.0. The smallest absolute Gasteiger partial charge is 0.377 e. The van der Waals surface area contributed by atoms with E-state index in [-0.39, 0.29) is 51.1 Å². The zero-order valence-corrected chi connectivity index (χ0v) is 19.2. The van der Waals surface area contributed by atoms with Crippen LogP contribution in [-0.4, -0.2) is 46.9 Å². The predicted molar refractivity (Wildman–Crippen MR) is 119 cm³/mol. The number of aromatic nitrogens is 2. The van der Waals surface area contributed by atoms with Crippen molar-refractivity contribution in [1.82, 2.24) is 20.8 Å². The molecule has 1 amide bonds. The summed E-state index contributed by atoms with van der Waals surface area (Å²) in [6, 6.07) is 4.04. The average molecular weight is 514 g/mol. The first-order valence-corrected chi connectivity index (χ1v) is 12.4. The molecule has 13 heteroatoms. The lowest BCUT2D eigenvalue weighted by molar-refractivity contribution is -0.123. The van der Waals surface area contributed by atoms with E-state index >= 15 is 0 Å². The van der Waals surface area contributed by atoms with E-state index in [2.05, 4.69) is 26.1 Å². The van der Waals surface area contributed by atoms with Crippen LogP contribution in [0.15, 0.2) is 27.6 Å². The van der Waals surface area contributed by atoms with Gasteiger partial charge in [0.2, 0.25) is 17.6 Å². The standard InChI is InChI=1S/C21H19F4N5O2S2/c22-10-7-26-8-13(10)27-11-3-1-2-9-14(11)33-16(15(9)34-21(23,24)25)17-29-18(32-30-17)12-6-20(4-5-20)19(31)28-12/h1-3,10,12-13,26-27H,4-8H2,(H,28,31)/t10-,12+,13+/m0/s1. The van der Waals surface area contributed by atoms with Crippen LogP contribution in [0, 0.1) is 5.41 Å². The summed E-state index contributed by atoms with van der Waals surface area (Å²) in [4.78, 5) is 16.7. The number of benzene rings is 1. The molecule has 1 spiro atoms. The largest absolute Gasteiger partial charge is 0.446 e. The minimum Gasteiger partial charge on any atom is -0.377 e. The van der Waals surface area contributed by atoms with Crippen LogP contribution in [0.4, 0.5) is 23.2 Å². The highest BCUT2D eigenvalue weighted by atomic mass is 32.2. The highest BCUT2D eigenvalue weighted by Crippen LogP contribution is 2.56. The molecule has 1 aliphatic carbocycles. The van der Waals surface area contributed by atoms with Gasteiger partial charge in [-0.05, 0) is 37.1 Å². The summed E-state index contributed by atoms with van der Waals surface area (Å²) in [5.41, 5.74) is -4.34. The lowest BCUT2D eigenvalue weighted by Crippen LogP contribution is -2.29. The summed E-state index contributed by atoms with van der Waals surface area (Å²) < 4.78 is 60.5. The summed E-state index contributed by atoms with van der Waals surface area (Å²) in [5.74, 6) is 0.171. The third-order valence-corrected chi connectivity index (χ3v) is 8.77. The number of amides is 1. The number of carbonyl (C=O) groups excluding carboxylic acids is 1. The number of halogens is 4. The summed E-state index contributed by atoms with van der Waals surface area (Å²) in [6.07, 6.45) is 1.06. The Morgan fingerprint density at radius 3 is 2.76 bits per heavy atom. The third kappa shape index (κ3) is 3.83. The fraction of sp³-hybridized carbons (Fsp3) is 0.476. The molecule has 1 aromatic carbocycles. The molecule has 3 aliphatic rings. The molecule has 0 unspecified atom stereocenters. The molecule has 3 atom stereocenters. The zero-order valence-electron chi connectivity index (χ0n) is 17.5. The van der Waals surface area contributed by atoms with Gasteiger partial charge in [0.15, 0.2) is 0 Å². The van der Waals surface area contributed by atoms with Gasteiger partial charge in [0.25, 0.3) is 0 Å². The van der Waals surface area contributed by atoms with Crippen LogP contribution in [0.1, 0.15) is 31.2 Å². The molecule has 7 nitrogen and oxygen atoms in total. The fourth-order valence-corrected chi connectivity index (χ4v) is 6.72. The Hall–Kier alpha value is -2.38. The maximum absolute atomic E-state index is 14.1. The second-order valence-corrected chi connectivity index (χ2v) is 11.0. The number of fused-ring (bicyclic) bond motifs is 1. The van der Waals surface area contributed by atoms with E-state index < -0.39 is 23.8 Å². The lowest BCUT2D eigenvalue weighted by Gasteiger charge is -2.16. The maximum Gasteiger partial charge on any atom is 0.446 e. The molecular weight excluding hydrogens is 494 g/mol. The van der Waals surface area contributed by atoms with E-state index in [1.54, 1.807) is 18.2 Å². The number of alkyl halides is 4. The number of hydrogen-bond acceptors (Lipinski definition) is 8. The van der Waals surface area contributed by atoms with Crippen LogP contribution in [-0.2, 0) is 4.79 Å². The molecule has 2 aliphatic heterocycles. The number of nitrogens with one attached hydrogen (secondary N) is 3. The Morgan fingerprint density at radius 1 is 1.26 bits per heavy atom. The number of anilines is 1. The second-order valence-electron chi connectivity index (χ2n) is 8.88. The molecule has 34 heavy (non-hydrogen) atoms. The number of hydrogen-bond donors (Lipinski definition) is 3. The molecule has 3 fully saturated rings. The fourth-order valence-electron chi connectivity index (χ4n) is 4.61. The van der Waals surface area contributed by atoms with E-state index in [0.29, 0.717) is 28.7 Å². The third-order valence-electron chi connectivity index (χ3n) is 6.55. The topological polar surface area (TPSA) is 92.1 Å². The van der Waals surface area contributed by atoms with Crippen molar-refractivity contribution in [2.75, 3.05) is 18.4 Å². The number of nitrogens with zero attached hydrogens (tertiary/aromatic N) is 2. The van der Waals surface area contributed by atoms with Crippen molar-refractivity contribution in [3.63, 3.8) is 0 Å². The molecule has 3 aromatic rings. The van der Waals surface area contributed by atoms with Crippen LogP contribution in [0.5, 0.6) is 0 Å². The molecule has 4 heterocycles. The summed E-state index contributed by atoms with van der Waals surface area (Å²) >= 11 is 0.866. The molecule has 0 radical (unpaired) electrons. The van der Waals surface area contributed by atoms with Crippen LogP contribution in [0.2, 0.25) is 0 Å². The first-order chi connectivity index (χ1) is 16.2. The van der Waals surface area contributed by atoms with Crippen LogP contribution in [0.25, 0.3) is 20.8 Å². The summed E-state index contributed by atoms with van der Waals surface area (Å²) in [7, 11) is 0. The maximum atomic E-state index is 14.1. The van der Waals surface area contributed by atoms with Gasteiger partial charge in [0.1, 0.15) is 12.2 Å². The predicted octanol–water partition coefficient (Wildman–Crippen LogP) is 4.63. The van der Waals surface area contributed by atoms with Crippen molar-refractivity contribution >= 4 is 44.8 Å². The molecule has 180 valence electrons. The Labute approximate surface area is 199 Å². The van der Waals surface area contributed by atoms with E-state index in [1.807, 2.05) is 0 Å². The first kappa shape index (κ1) is 22.1. The van der Waals surface area contributed by atoms with Crippen molar-refractivity contribution in [1.29, 1.82) is 0 Å². The van der Waals surface area contributed by atoms with Crippen molar-refractivity contribution < 1.29 is 26.9 Å². The van der Waals surface area contributed by atoms with Gasteiger partial charge in [0, 0.05) is 23.4 Å². The molecule has 0 bridgehead atoms. The van der Waals surface area contributed by atoms with Crippen molar-refractivity contribution in [2.45, 2.75) is 47.9 Å². The van der Waals surface area contributed by atoms with Gasteiger partial charge in [-0.3, -0.25) is 4.79 Å². The van der Waals surface area contributed by atoms with Gasteiger partial charge in [-0.2, -0.15) is 18.2 Å². The quantitative estimate of drug-likeness (QED) is 0.339. The second kappa shape index (κ2) is 7.82. The van der Waals surface area contributed by atoms with E-state index in [0.717, 1.165) is 24.2 Å². The molecule has 1 saturated carbocycles. The van der Waals surface area contributed by atoms with E-state index in [9.17, 15) is 22.4 Å². The van der Waals surface area contributed by atoms with Crippen molar-refractivity contribution in [2.24, 2.45) is 5.41 Å². The van der Waals surface area contributed by atoms with E-state index in [4.69, 9.17) is 4.52 Å². The number of thioether (sulfide) groups is 1.